The molecular weight excluding hydrogens is 288 g/mol. The summed E-state index contributed by atoms with van der Waals surface area (Å²) in [6, 6.07) is 2.58. The Bertz CT molecular complexity index is 362. The minimum atomic E-state index is 0.174. The standard InChI is InChI=1S/C11H15BrN2OS/c1-7-10(12)4-9(16-7)6-13-8-2-3-11(15)14-5-8/h4,8,13H,2-3,5-6H2,1H3,(H,14,15). The van der Waals surface area contributed by atoms with E-state index in [4.69, 9.17) is 0 Å². The summed E-state index contributed by atoms with van der Waals surface area (Å²) in [6.07, 6.45) is 1.59. The lowest BCUT2D eigenvalue weighted by Gasteiger charge is -2.23. The fourth-order valence-electron chi connectivity index (χ4n) is 1.76. The summed E-state index contributed by atoms with van der Waals surface area (Å²) in [6.45, 7) is 3.75. The van der Waals surface area contributed by atoms with Gasteiger partial charge in [-0.05, 0) is 35.3 Å². The second-order valence-corrected chi connectivity index (χ2v) is 6.23. The van der Waals surface area contributed by atoms with Crippen molar-refractivity contribution < 1.29 is 4.79 Å². The summed E-state index contributed by atoms with van der Waals surface area (Å²) in [4.78, 5) is 13.6. The molecule has 0 aliphatic carbocycles. The Hall–Kier alpha value is -0.390. The Morgan fingerprint density at radius 2 is 2.50 bits per heavy atom. The number of nitrogens with one attached hydrogen (secondary N) is 2. The lowest BCUT2D eigenvalue weighted by Crippen LogP contribution is -2.45. The van der Waals surface area contributed by atoms with Crippen LogP contribution >= 0.6 is 27.3 Å². The number of carbonyl (C=O) groups excluding carboxylic acids is 1. The van der Waals surface area contributed by atoms with Gasteiger partial charge in [0, 0.05) is 39.8 Å². The van der Waals surface area contributed by atoms with E-state index < -0.39 is 0 Å². The van der Waals surface area contributed by atoms with E-state index in [1.54, 1.807) is 11.3 Å². The van der Waals surface area contributed by atoms with Crippen LogP contribution in [0.15, 0.2) is 10.5 Å². The molecule has 2 rings (SSSR count). The maximum Gasteiger partial charge on any atom is 0.220 e. The van der Waals surface area contributed by atoms with Crippen LogP contribution < -0.4 is 10.6 Å². The topological polar surface area (TPSA) is 41.1 Å². The minimum Gasteiger partial charge on any atom is -0.355 e. The molecule has 0 spiro atoms. The average Bonchev–Trinajstić information content (AvgIpc) is 2.58. The molecule has 1 atom stereocenters. The third kappa shape index (κ3) is 3.06. The van der Waals surface area contributed by atoms with Crippen LogP contribution in [0, 0.1) is 6.92 Å². The smallest absolute Gasteiger partial charge is 0.220 e. The normalized spacial score (nSPS) is 20.9. The summed E-state index contributed by atoms with van der Waals surface area (Å²) >= 11 is 5.32. The first-order valence-corrected chi connectivity index (χ1v) is 7.01. The Balaban J connectivity index is 1.81. The minimum absolute atomic E-state index is 0.174. The quantitative estimate of drug-likeness (QED) is 0.899. The monoisotopic (exact) mass is 302 g/mol. The zero-order chi connectivity index (χ0) is 11.5. The van der Waals surface area contributed by atoms with E-state index in [2.05, 4.69) is 39.6 Å². The van der Waals surface area contributed by atoms with Crippen molar-refractivity contribution in [3.63, 3.8) is 0 Å². The van der Waals surface area contributed by atoms with E-state index in [0.717, 1.165) is 19.5 Å². The molecule has 2 heterocycles. The number of hydrogen-bond acceptors (Lipinski definition) is 3. The van der Waals surface area contributed by atoms with Gasteiger partial charge in [-0.3, -0.25) is 4.79 Å². The maximum absolute atomic E-state index is 11.0. The van der Waals surface area contributed by atoms with E-state index >= 15 is 0 Å². The molecule has 0 bridgehead atoms. The highest BCUT2D eigenvalue weighted by atomic mass is 79.9. The Kier molecular flexibility index (Phi) is 4.00. The number of piperidine rings is 1. The molecule has 1 amide bonds. The van der Waals surface area contributed by atoms with Gasteiger partial charge in [-0.2, -0.15) is 0 Å². The molecular formula is C11H15BrN2OS. The van der Waals surface area contributed by atoms with Gasteiger partial charge in [0.15, 0.2) is 0 Å². The number of thiophene rings is 1. The highest BCUT2D eigenvalue weighted by molar-refractivity contribution is 9.10. The zero-order valence-electron chi connectivity index (χ0n) is 9.18. The molecule has 5 heteroatoms. The van der Waals surface area contributed by atoms with E-state index in [1.165, 1.54) is 14.2 Å². The van der Waals surface area contributed by atoms with Crippen molar-refractivity contribution in [3.8, 4) is 0 Å². The van der Waals surface area contributed by atoms with Gasteiger partial charge in [0.1, 0.15) is 0 Å². The van der Waals surface area contributed by atoms with E-state index in [1.807, 2.05) is 0 Å². The van der Waals surface area contributed by atoms with Crippen molar-refractivity contribution in [2.24, 2.45) is 0 Å². The van der Waals surface area contributed by atoms with Crippen molar-refractivity contribution >= 4 is 33.2 Å². The lowest BCUT2D eigenvalue weighted by atomic mass is 10.1. The van der Waals surface area contributed by atoms with Crippen LogP contribution in [0.2, 0.25) is 0 Å². The van der Waals surface area contributed by atoms with Crippen LogP contribution in [-0.4, -0.2) is 18.5 Å². The largest absolute Gasteiger partial charge is 0.355 e. The summed E-state index contributed by atoms with van der Waals surface area (Å²) < 4.78 is 1.19. The van der Waals surface area contributed by atoms with Gasteiger partial charge in [0.2, 0.25) is 5.91 Å². The zero-order valence-corrected chi connectivity index (χ0v) is 11.6. The van der Waals surface area contributed by atoms with E-state index in [9.17, 15) is 4.79 Å². The number of carbonyl (C=O) groups is 1. The molecule has 1 aromatic rings. The molecule has 16 heavy (non-hydrogen) atoms. The van der Waals surface area contributed by atoms with Crippen LogP contribution in [-0.2, 0) is 11.3 Å². The van der Waals surface area contributed by atoms with Gasteiger partial charge in [-0.25, -0.2) is 0 Å². The average molecular weight is 303 g/mol. The molecule has 1 aliphatic rings. The molecule has 88 valence electrons. The van der Waals surface area contributed by atoms with Gasteiger partial charge >= 0.3 is 0 Å². The molecule has 0 aromatic carbocycles. The summed E-state index contributed by atoms with van der Waals surface area (Å²) in [5.74, 6) is 0.174. The fraction of sp³-hybridized carbons (Fsp3) is 0.545. The molecule has 0 saturated carbocycles. The second-order valence-electron chi connectivity index (χ2n) is 4.04. The van der Waals surface area contributed by atoms with Crippen LogP contribution in [0.4, 0.5) is 0 Å². The highest BCUT2D eigenvalue weighted by Crippen LogP contribution is 2.26. The maximum atomic E-state index is 11.0. The number of halogens is 1. The molecule has 1 fully saturated rings. The summed E-state index contributed by atoms with van der Waals surface area (Å²) in [7, 11) is 0. The predicted molar refractivity (Wildman–Crippen MR) is 69.6 cm³/mol. The second kappa shape index (κ2) is 5.29. The molecule has 1 unspecified atom stereocenters. The van der Waals surface area contributed by atoms with E-state index in [0.29, 0.717) is 12.5 Å². The van der Waals surface area contributed by atoms with Crippen molar-refractivity contribution in [3.05, 3.63) is 20.3 Å². The molecule has 2 N–H and O–H groups in total. The van der Waals surface area contributed by atoms with Crippen molar-refractivity contribution in [1.82, 2.24) is 10.6 Å². The number of rotatable bonds is 3. The summed E-state index contributed by atoms with van der Waals surface area (Å²) in [5, 5.41) is 6.35. The first-order chi connectivity index (χ1) is 7.65. The van der Waals surface area contributed by atoms with Gasteiger partial charge in [0.05, 0.1) is 0 Å². The van der Waals surface area contributed by atoms with Crippen molar-refractivity contribution in [1.29, 1.82) is 0 Å². The van der Waals surface area contributed by atoms with Gasteiger partial charge < -0.3 is 10.6 Å². The van der Waals surface area contributed by atoms with Gasteiger partial charge in [0.25, 0.3) is 0 Å². The third-order valence-corrected chi connectivity index (χ3v) is 4.88. The molecule has 1 aliphatic heterocycles. The van der Waals surface area contributed by atoms with Crippen molar-refractivity contribution in [2.75, 3.05) is 6.54 Å². The summed E-state index contributed by atoms with van der Waals surface area (Å²) in [5.41, 5.74) is 0. The molecule has 0 radical (unpaired) electrons. The van der Waals surface area contributed by atoms with Crippen LogP contribution in [0.5, 0.6) is 0 Å². The molecule has 1 aromatic heterocycles. The first kappa shape index (κ1) is 12.1. The Morgan fingerprint density at radius 3 is 3.06 bits per heavy atom. The van der Waals surface area contributed by atoms with Crippen molar-refractivity contribution in [2.45, 2.75) is 32.4 Å². The molecule has 1 saturated heterocycles. The number of amides is 1. The van der Waals surface area contributed by atoms with E-state index in [-0.39, 0.29) is 5.91 Å². The SMILES string of the molecule is Cc1sc(CNC2CCC(=O)NC2)cc1Br. The van der Waals surface area contributed by atoms with Crippen LogP contribution in [0.25, 0.3) is 0 Å². The Labute approximate surface area is 108 Å². The predicted octanol–water partition coefficient (Wildman–Crippen LogP) is 2.19. The fourth-order valence-corrected chi connectivity index (χ4v) is 3.31. The first-order valence-electron chi connectivity index (χ1n) is 5.40. The number of aryl methyl sites for hydroxylation is 1. The van der Waals surface area contributed by atoms with Gasteiger partial charge in [-0.1, -0.05) is 0 Å². The van der Waals surface area contributed by atoms with Crippen LogP contribution in [0.3, 0.4) is 0 Å². The Morgan fingerprint density at radius 1 is 1.69 bits per heavy atom. The van der Waals surface area contributed by atoms with Gasteiger partial charge in [-0.15, -0.1) is 11.3 Å². The molecule has 3 nitrogen and oxygen atoms in total. The lowest BCUT2D eigenvalue weighted by molar-refractivity contribution is -0.122. The third-order valence-electron chi connectivity index (χ3n) is 2.74. The number of hydrogen-bond donors (Lipinski definition) is 2. The van der Waals surface area contributed by atoms with Crippen LogP contribution in [0.1, 0.15) is 22.6 Å². The highest BCUT2D eigenvalue weighted by Gasteiger charge is 2.17.